The van der Waals surface area contributed by atoms with Gasteiger partial charge >= 0.3 is 16.3 Å². The van der Waals surface area contributed by atoms with E-state index in [4.69, 9.17) is 8.92 Å². The van der Waals surface area contributed by atoms with Gasteiger partial charge in [0.15, 0.2) is 5.75 Å². The van der Waals surface area contributed by atoms with Gasteiger partial charge < -0.3 is 8.92 Å². The Bertz CT molecular complexity index is 1300. The molecular weight excluding hydrogens is 475 g/mol. The van der Waals surface area contributed by atoms with Gasteiger partial charge in [0.25, 0.3) is 0 Å². The number of hydrazone groups is 1. The largest absolute Gasteiger partial charge is 0.497 e. The predicted octanol–water partition coefficient (Wildman–Crippen LogP) is 3.57. The number of alkyl halides is 3. The van der Waals surface area contributed by atoms with E-state index in [0.29, 0.717) is 23.4 Å². The van der Waals surface area contributed by atoms with E-state index in [0.717, 1.165) is 18.5 Å². The van der Waals surface area contributed by atoms with Crippen molar-refractivity contribution in [1.29, 1.82) is 0 Å². The standard InChI is InChI=1S/C22H18F3N3O5S/c1-32-18-5-2-4-15(10-18)11-21(29)28-27-13-16-12-17(22(23,24)25)7-8-20(16)34(30,31)33-19-6-3-9-26-14-19/h2-10,12-14H,11H2,1H3,(H,28,29)/b27-13+. The number of aromatic nitrogens is 1. The molecule has 8 nitrogen and oxygen atoms in total. The number of hydrogen-bond acceptors (Lipinski definition) is 7. The molecule has 0 saturated heterocycles. The van der Waals surface area contributed by atoms with Crippen LogP contribution in [0.3, 0.4) is 0 Å². The molecule has 1 amide bonds. The summed E-state index contributed by atoms with van der Waals surface area (Å²) < 4.78 is 75.0. The SMILES string of the molecule is COc1cccc(CC(=O)N/N=C/c2cc(C(F)(F)F)ccc2S(=O)(=O)Oc2cccnc2)c1. The molecule has 2 aromatic carbocycles. The number of methoxy groups -OCH3 is 1. The van der Waals surface area contributed by atoms with Crippen LogP contribution < -0.4 is 14.3 Å². The molecular formula is C22H18F3N3O5S. The van der Waals surface area contributed by atoms with Gasteiger partial charge in [0.05, 0.1) is 31.5 Å². The highest BCUT2D eigenvalue weighted by Crippen LogP contribution is 2.32. The lowest BCUT2D eigenvalue weighted by atomic mass is 10.1. The molecule has 0 aliphatic rings. The normalized spacial score (nSPS) is 11.9. The van der Waals surface area contributed by atoms with Gasteiger partial charge in [-0.25, -0.2) is 5.43 Å². The molecule has 3 aromatic rings. The molecule has 0 unspecified atom stereocenters. The molecule has 0 bridgehead atoms. The summed E-state index contributed by atoms with van der Waals surface area (Å²) in [4.78, 5) is 15.3. The molecule has 12 heteroatoms. The van der Waals surface area contributed by atoms with Crippen LogP contribution in [0.1, 0.15) is 16.7 Å². The van der Waals surface area contributed by atoms with E-state index in [9.17, 15) is 26.4 Å². The third-order valence-electron chi connectivity index (χ3n) is 4.34. The van der Waals surface area contributed by atoms with Gasteiger partial charge in [-0.15, -0.1) is 0 Å². The van der Waals surface area contributed by atoms with Crippen molar-refractivity contribution in [2.24, 2.45) is 5.10 Å². The Hall–Kier alpha value is -3.93. The molecule has 0 aliphatic heterocycles. The fraction of sp³-hybridized carbons (Fsp3) is 0.136. The van der Waals surface area contributed by atoms with E-state index in [-0.39, 0.29) is 12.2 Å². The highest BCUT2D eigenvalue weighted by molar-refractivity contribution is 7.87. The molecule has 0 fully saturated rings. The molecule has 0 spiro atoms. The molecule has 0 aliphatic carbocycles. The van der Waals surface area contributed by atoms with Crippen LogP contribution in [0.2, 0.25) is 0 Å². The monoisotopic (exact) mass is 493 g/mol. The van der Waals surface area contributed by atoms with Gasteiger partial charge in [0.1, 0.15) is 10.6 Å². The van der Waals surface area contributed by atoms with Crippen molar-refractivity contribution in [3.8, 4) is 11.5 Å². The van der Waals surface area contributed by atoms with Crippen LogP contribution in [-0.2, 0) is 27.5 Å². The molecule has 1 heterocycles. The number of ether oxygens (including phenoxy) is 1. The van der Waals surface area contributed by atoms with Gasteiger partial charge in [0, 0.05) is 11.8 Å². The fourth-order valence-electron chi connectivity index (χ4n) is 2.80. The van der Waals surface area contributed by atoms with Crippen molar-refractivity contribution in [2.45, 2.75) is 17.5 Å². The summed E-state index contributed by atoms with van der Waals surface area (Å²) in [6.45, 7) is 0. The minimum absolute atomic E-state index is 0.0909. The van der Waals surface area contributed by atoms with Gasteiger partial charge in [0.2, 0.25) is 5.91 Å². The maximum Gasteiger partial charge on any atom is 0.416 e. The summed E-state index contributed by atoms with van der Waals surface area (Å²) in [5.74, 6) is -0.161. The summed E-state index contributed by atoms with van der Waals surface area (Å²) >= 11 is 0. The van der Waals surface area contributed by atoms with Crippen LogP contribution in [0.25, 0.3) is 0 Å². The third kappa shape index (κ3) is 6.54. The third-order valence-corrected chi connectivity index (χ3v) is 5.66. The van der Waals surface area contributed by atoms with Crippen LogP contribution in [0.5, 0.6) is 11.5 Å². The van der Waals surface area contributed by atoms with E-state index in [1.165, 1.54) is 25.4 Å². The summed E-state index contributed by atoms with van der Waals surface area (Å²) in [6, 6.07) is 11.4. The number of hydrogen-bond donors (Lipinski definition) is 1. The number of nitrogens with zero attached hydrogens (tertiary/aromatic N) is 2. The highest BCUT2D eigenvalue weighted by Gasteiger charge is 2.32. The number of benzene rings is 2. The lowest BCUT2D eigenvalue weighted by Gasteiger charge is -2.12. The van der Waals surface area contributed by atoms with Crippen LogP contribution in [0.15, 0.2) is 77.0 Å². The van der Waals surface area contributed by atoms with E-state index >= 15 is 0 Å². The molecule has 0 saturated carbocycles. The predicted molar refractivity (Wildman–Crippen MR) is 116 cm³/mol. The van der Waals surface area contributed by atoms with Gasteiger partial charge in [-0.2, -0.15) is 26.7 Å². The van der Waals surface area contributed by atoms with Crippen molar-refractivity contribution in [3.05, 3.63) is 83.7 Å². The van der Waals surface area contributed by atoms with Crippen LogP contribution >= 0.6 is 0 Å². The zero-order valence-corrected chi connectivity index (χ0v) is 18.4. The second-order valence-corrected chi connectivity index (χ2v) is 8.31. The first-order valence-electron chi connectivity index (χ1n) is 9.59. The minimum Gasteiger partial charge on any atom is -0.497 e. The molecule has 1 N–H and O–H groups in total. The Balaban J connectivity index is 1.84. The molecule has 0 atom stereocenters. The highest BCUT2D eigenvalue weighted by atomic mass is 32.2. The quantitative estimate of drug-likeness (QED) is 0.292. The summed E-state index contributed by atoms with van der Waals surface area (Å²) in [5.41, 5.74) is 1.25. The first-order chi connectivity index (χ1) is 16.1. The first-order valence-corrected chi connectivity index (χ1v) is 11.0. The molecule has 0 radical (unpaired) electrons. The van der Waals surface area contributed by atoms with Crippen molar-refractivity contribution in [2.75, 3.05) is 7.11 Å². The summed E-state index contributed by atoms with van der Waals surface area (Å²) in [7, 11) is -3.06. The van der Waals surface area contributed by atoms with E-state index in [1.54, 1.807) is 24.3 Å². The molecule has 1 aromatic heterocycles. The van der Waals surface area contributed by atoms with Gasteiger partial charge in [-0.05, 0) is 48.0 Å². The maximum atomic E-state index is 13.2. The smallest absolute Gasteiger partial charge is 0.416 e. The summed E-state index contributed by atoms with van der Waals surface area (Å²) in [5, 5.41) is 3.63. The average molecular weight is 493 g/mol. The topological polar surface area (TPSA) is 107 Å². The molecule has 34 heavy (non-hydrogen) atoms. The number of carbonyl (C=O) groups excluding carboxylic acids is 1. The van der Waals surface area contributed by atoms with Crippen LogP contribution in [-0.4, -0.2) is 32.6 Å². The zero-order valence-electron chi connectivity index (χ0n) is 17.6. The van der Waals surface area contributed by atoms with Gasteiger partial charge in [-0.3, -0.25) is 9.78 Å². The number of carbonyl (C=O) groups is 1. The van der Waals surface area contributed by atoms with Crippen molar-refractivity contribution in [3.63, 3.8) is 0 Å². The number of pyridine rings is 1. The van der Waals surface area contributed by atoms with Crippen molar-refractivity contribution in [1.82, 2.24) is 10.4 Å². The lowest BCUT2D eigenvalue weighted by Crippen LogP contribution is -2.20. The number of halogens is 3. The van der Waals surface area contributed by atoms with E-state index in [1.807, 2.05) is 0 Å². The Morgan fingerprint density at radius 2 is 1.88 bits per heavy atom. The van der Waals surface area contributed by atoms with Gasteiger partial charge in [-0.1, -0.05) is 12.1 Å². The second kappa shape index (κ2) is 10.3. The lowest BCUT2D eigenvalue weighted by molar-refractivity contribution is -0.137. The molecule has 3 rings (SSSR count). The Labute approximate surface area is 193 Å². The average Bonchev–Trinajstić information content (AvgIpc) is 2.79. The number of rotatable bonds is 8. The first kappa shape index (κ1) is 24.7. The Morgan fingerprint density at radius 3 is 2.56 bits per heavy atom. The van der Waals surface area contributed by atoms with Crippen LogP contribution in [0, 0.1) is 0 Å². The Morgan fingerprint density at radius 1 is 1.12 bits per heavy atom. The maximum absolute atomic E-state index is 13.2. The van der Waals surface area contributed by atoms with E-state index < -0.39 is 38.2 Å². The van der Waals surface area contributed by atoms with Crippen molar-refractivity contribution < 1.29 is 35.3 Å². The zero-order chi connectivity index (χ0) is 24.8. The number of nitrogens with one attached hydrogen (secondary N) is 1. The van der Waals surface area contributed by atoms with Crippen LogP contribution in [0.4, 0.5) is 13.2 Å². The second-order valence-electron chi connectivity index (χ2n) is 6.80. The summed E-state index contributed by atoms with van der Waals surface area (Å²) in [6.07, 6.45) is -1.49. The van der Waals surface area contributed by atoms with Crippen molar-refractivity contribution >= 4 is 22.2 Å². The van der Waals surface area contributed by atoms with E-state index in [2.05, 4.69) is 15.5 Å². The molecule has 178 valence electrons. The Kier molecular flexibility index (Phi) is 7.51. The minimum atomic E-state index is -4.73. The number of amides is 1. The fourth-order valence-corrected chi connectivity index (χ4v) is 3.88.